The molecule has 0 amide bonds. The van der Waals surface area contributed by atoms with Gasteiger partial charge < -0.3 is 0 Å². The maximum atomic E-state index is 11.8. The third-order valence-corrected chi connectivity index (χ3v) is 10.2. The molecule has 6 nitrogen and oxygen atoms in total. The van der Waals surface area contributed by atoms with Crippen LogP contribution in [0.15, 0.2) is 0 Å². The standard InChI is InChI=1S/C27H59AsO6P/c1-5-6-7-8-9-10-11-12-13-14-15-16-17-18-19-20-22-31-24-25-32-26-27-34-35(29,30)33-23-21-28(2,3)4/h5-27H2,1-4H3,(H,29,30). The van der Waals surface area contributed by atoms with Crippen molar-refractivity contribution in [3.8, 4) is 0 Å². The predicted molar refractivity (Wildman–Crippen MR) is 151 cm³/mol. The van der Waals surface area contributed by atoms with Crippen LogP contribution in [0, 0.1) is 0 Å². The van der Waals surface area contributed by atoms with Gasteiger partial charge in [0.25, 0.3) is 0 Å². The number of unbranched alkanes of at least 4 members (excludes halogenated alkanes) is 15. The minimum atomic E-state index is -3.96. The van der Waals surface area contributed by atoms with Crippen LogP contribution in [0.25, 0.3) is 0 Å². The van der Waals surface area contributed by atoms with E-state index in [2.05, 4.69) is 24.1 Å². The van der Waals surface area contributed by atoms with Gasteiger partial charge in [0.05, 0.1) is 0 Å². The Hall–Kier alpha value is 0.588. The third-order valence-electron chi connectivity index (χ3n) is 6.01. The summed E-state index contributed by atoms with van der Waals surface area (Å²) in [7, 11) is -3.96. The summed E-state index contributed by atoms with van der Waals surface area (Å²) in [6.45, 7) is 4.64. The van der Waals surface area contributed by atoms with Crippen LogP contribution in [-0.4, -0.2) is 58.1 Å². The van der Waals surface area contributed by atoms with Gasteiger partial charge in [-0.2, -0.15) is 0 Å². The molecule has 1 atom stereocenters. The zero-order valence-electron chi connectivity index (χ0n) is 23.6. The molecule has 0 aromatic heterocycles. The van der Waals surface area contributed by atoms with Gasteiger partial charge in [-0.1, -0.05) is 103 Å². The summed E-state index contributed by atoms with van der Waals surface area (Å²) in [5, 5.41) is 0.861. The van der Waals surface area contributed by atoms with Crippen LogP contribution < -0.4 is 0 Å². The van der Waals surface area contributed by atoms with Crippen LogP contribution in [0.2, 0.25) is 22.3 Å². The normalized spacial score (nSPS) is 13.9. The molecule has 0 fully saturated rings. The molecule has 1 N–H and O–H groups in total. The van der Waals surface area contributed by atoms with Gasteiger partial charge in [-0.3, -0.25) is 0 Å². The average Bonchev–Trinajstić information content (AvgIpc) is 2.78. The van der Waals surface area contributed by atoms with E-state index in [0.717, 1.165) is 18.2 Å². The van der Waals surface area contributed by atoms with E-state index in [0.29, 0.717) is 13.2 Å². The van der Waals surface area contributed by atoms with Gasteiger partial charge in [-0.25, -0.2) is 0 Å². The van der Waals surface area contributed by atoms with Crippen LogP contribution in [0.1, 0.15) is 110 Å². The Labute approximate surface area is 220 Å². The topological polar surface area (TPSA) is 74.2 Å². The van der Waals surface area contributed by atoms with Crippen molar-refractivity contribution in [2.24, 2.45) is 0 Å². The SMILES string of the molecule is CCCCCCCCCCCCCCCCCCOCCOCCOP(=O)(O)OCC[As](C)(C)C. The molecule has 0 bridgehead atoms. The number of phosphoric ester groups is 1. The van der Waals surface area contributed by atoms with Crippen LogP contribution in [0.5, 0.6) is 0 Å². The van der Waals surface area contributed by atoms with Crippen molar-refractivity contribution in [3.63, 3.8) is 0 Å². The predicted octanol–water partition coefficient (Wildman–Crippen LogP) is 8.75. The summed E-state index contributed by atoms with van der Waals surface area (Å²) in [5.74, 6) is 0. The van der Waals surface area contributed by atoms with Crippen molar-refractivity contribution in [1.29, 1.82) is 0 Å². The number of hydrogen-bond donors (Lipinski definition) is 1. The van der Waals surface area contributed by atoms with Gasteiger partial charge in [0.15, 0.2) is 0 Å². The Morgan fingerprint density at radius 2 is 0.914 bits per heavy atom. The van der Waals surface area contributed by atoms with E-state index in [-0.39, 0.29) is 19.8 Å². The van der Waals surface area contributed by atoms with E-state index < -0.39 is 21.4 Å². The van der Waals surface area contributed by atoms with Gasteiger partial charge in [0, 0.05) is 0 Å². The van der Waals surface area contributed by atoms with Gasteiger partial charge in [0.2, 0.25) is 0 Å². The van der Waals surface area contributed by atoms with Crippen molar-refractivity contribution in [3.05, 3.63) is 0 Å². The van der Waals surface area contributed by atoms with Crippen LogP contribution in [-0.2, 0) is 23.1 Å². The molecule has 0 saturated heterocycles. The number of hydrogen-bond acceptors (Lipinski definition) is 5. The summed E-state index contributed by atoms with van der Waals surface area (Å²) < 4.78 is 32.7. The first kappa shape index (κ1) is 35.6. The van der Waals surface area contributed by atoms with Crippen molar-refractivity contribution in [1.82, 2.24) is 0 Å². The summed E-state index contributed by atoms with van der Waals surface area (Å²) in [6, 6.07) is 0. The minimum absolute atomic E-state index is 0.0442. The first-order valence-electron chi connectivity index (χ1n) is 14.3. The summed E-state index contributed by atoms with van der Waals surface area (Å²) in [4.78, 5) is 9.63. The first-order valence-corrected chi connectivity index (χ1v) is 22.8. The second kappa shape index (κ2) is 24.9. The Morgan fingerprint density at radius 3 is 1.37 bits per heavy atom. The van der Waals surface area contributed by atoms with Crippen molar-refractivity contribution >= 4 is 21.4 Å². The van der Waals surface area contributed by atoms with Crippen molar-refractivity contribution in [2.75, 3.05) is 39.6 Å². The average molecular weight is 586 g/mol. The van der Waals surface area contributed by atoms with E-state index >= 15 is 0 Å². The van der Waals surface area contributed by atoms with E-state index in [9.17, 15) is 9.46 Å². The fraction of sp³-hybridized carbons (Fsp3) is 1.00. The molecule has 0 spiro atoms. The molecule has 1 radical (unpaired) electrons. The summed E-state index contributed by atoms with van der Waals surface area (Å²) >= 11 is -1.61. The molecule has 0 aliphatic heterocycles. The number of phosphoric acid groups is 1. The zero-order chi connectivity index (χ0) is 26.1. The molecule has 35 heavy (non-hydrogen) atoms. The molecular formula is C27H59AsO6P. The molecule has 0 rings (SSSR count). The molecule has 0 aliphatic rings. The fourth-order valence-electron chi connectivity index (χ4n) is 3.75. The van der Waals surface area contributed by atoms with E-state index in [1.807, 2.05) is 0 Å². The molecule has 1 unspecified atom stereocenters. The maximum absolute atomic E-state index is 11.8. The second-order valence-corrected chi connectivity index (χ2v) is 22.7. The molecule has 0 aromatic carbocycles. The van der Waals surface area contributed by atoms with Crippen molar-refractivity contribution in [2.45, 2.75) is 132 Å². The fourth-order valence-corrected chi connectivity index (χ4v) is 6.11. The van der Waals surface area contributed by atoms with Gasteiger partial charge >= 0.3 is 111 Å². The number of rotatable bonds is 28. The Balaban J connectivity index is 3.21. The second-order valence-electron chi connectivity index (χ2n) is 10.7. The summed E-state index contributed by atoms with van der Waals surface area (Å²) in [5.41, 5.74) is 6.67. The van der Waals surface area contributed by atoms with Crippen LogP contribution >= 0.6 is 7.82 Å². The molecule has 8 heteroatoms. The Morgan fingerprint density at radius 1 is 0.543 bits per heavy atom. The molecule has 213 valence electrons. The number of ether oxygens (including phenoxy) is 2. The molecule has 0 saturated carbocycles. The summed E-state index contributed by atoms with van der Waals surface area (Å²) in [6.07, 6.45) is 21.9. The molecular weight excluding hydrogens is 526 g/mol. The Kier molecular flexibility index (Phi) is 25.3. The quantitative estimate of drug-likeness (QED) is 0.0562. The third kappa shape index (κ3) is 30.7. The zero-order valence-corrected chi connectivity index (χ0v) is 26.4. The van der Waals surface area contributed by atoms with Crippen molar-refractivity contribution < 1.29 is 28.0 Å². The Bertz CT molecular complexity index is 487. The first-order chi connectivity index (χ1) is 16.8. The monoisotopic (exact) mass is 585 g/mol. The van der Waals surface area contributed by atoms with Gasteiger partial charge in [0.1, 0.15) is 0 Å². The van der Waals surface area contributed by atoms with Crippen LogP contribution in [0.4, 0.5) is 0 Å². The molecule has 0 aromatic rings. The van der Waals surface area contributed by atoms with Gasteiger partial charge in [-0.15, -0.1) is 0 Å². The van der Waals surface area contributed by atoms with Crippen LogP contribution in [0.3, 0.4) is 0 Å². The van der Waals surface area contributed by atoms with E-state index in [1.165, 1.54) is 96.3 Å². The van der Waals surface area contributed by atoms with E-state index in [1.54, 1.807) is 0 Å². The van der Waals surface area contributed by atoms with E-state index in [4.69, 9.17) is 18.5 Å². The molecule has 0 aliphatic carbocycles. The molecule has 0 heterocycles. The van der Waals surface area contributed by atoms with Gasteiger partial charge in [-0.05, 0) is 6.42 Å².